The number of carbonyl (C=O) groups is 1. The van der Waals surface area contributed by atoms with Crippen molar-refractivity contribution in [3.8, 4) is 0 Å². The minimum atomic E-state index is -2.82. The highest BCUT2D eigenvalue weighted by Crippen LogP contribution is 2.24. The first kappa shape index (κ1) is 14.8. The summed E-state index contributed by atoms with van der Waals surface area (Å²) in [6.07, 6.45) is 1.39. The monoisotopic (exact) mass is 288 g/mol. The predicted octanol–water partition coefficient (Wildman–Crippen LogP) is 0.269. The van der Waals surface area contributed by atoms with Crippen molar-refractivity contribution in [1.82, 2.24) is 10.2 Å². The lowest BCUT2D eigenvalue weighted by molar-refractivity contribution is -0.139. The maximum Gasteiger partial charge on any atom is 0.229 e. The highest BCUT2D eigenvalue weighted by molar-refractivity contribution is 7.91. The molecule has 1 N–H and O–H groups in total. The topological polar surface area (TPSA) is 66.5 Å². The van der Waals surface area contributed by atoms with Gasteiger partial charge in [0.1, 0.15) is 9.84 Å². The van der Waals surface area contributed by atoms with Crippen LogP contribution in [0.5, 0.6) is 0 Å². The van der Waals surface area contributed by atoms with Crippen molar-refractivity contribution in [3.05, 3.63) is 0 Å². The molecule has 2 aliphatic heterocycles. The molecule has 0 aromatic heterocycles. The minimum absolute atomic E-state index is 0.186. The number of nitrogens with one attached hydrogen (secondary N) is 1. The van der Waals surface area contributed by atoms with Gasteiger partial charge in [-0.25, -0.2) is 8.42 Å². The van der Waals surface area contributed by atoms with Crippen LogP contribution in [0.4, 0.5) is 0 Å². The van der Waals surface area contributed by atoms with Crippen LogP contribution in [0, 0.1) is 11.3 Å². The molecule has 2 saturated heterocycles. The molecule has 2 aliphatic rings. The van der Waals surface area contributed by atoms with Crippen molar-refractivity contribution in [2.45, 2.75) is 26.7 Å². The third-order valence-electron chi connectivity index (χ3n) is 4.14. The van der Waals surface area contributed by atoms with Gasteiger partial charge in [0, 0.05) is 26.2 Å². The van der Waals surface area contributed by atoms with Crippen LogP contribution in [-0.4, -0.2) is 56.9 Å². The predicted molar refractivity (Wildman–Crippen MR) is 74.6 cm³/mol. The molecule has 0 atom stereocenters. The van der Waals surface area contributed by atoms with E-state index in [1.807, 2.05) is 18.7 Å². The average molecular weight is 288 g/mol. The van der Waals surface area contributed by atoms with Crippen molar-refractivity contribution in [1.29, 1.82) is 0 Å². The van der Waals surface area contributed by atoms with Crippen molar-refractivity contribution >= 4 is 15.7 Å². The fourth-order valence-electron chi connectivity index (χ4n) is 2.83. The Morgan fingerprint density at radius 2 is 1.95 bits per heavy atom. The van der Waals surface area contributed by atoms with Gasteiger partial charge in [-0.15, -0.1) is 0 Å². The standard InChI is InChI=1S/C13H24N2O3S/c1-13(2)10-14-5-6-15(12(13)16)9-11-3-7-19(17,18)8-4-11/h11,14H,3-10H2,1-2H3. The Bertz CT molecular complexity index is 431. The number of hydrogen-bond acceptors (Lipinski definition) is 4. The van der Waals surface area contributed by atoms with Crippen molar-refractivity contribution < 1.29 is 13.2 Å². The van der Waals surface area contributed by atoms with Gasteiger partial charge < -0.3 is 10.2 Å². The molecule has 0 unspecified atom stereocenters. The number of hydrogen-bond donors (Lipinski definition) is 1. The highest BCUT2D eigenvalue weighted by Gasteiger charge is 2.35. The average Bonchev–Trinajstić information content (AvgIpc) is 2.45. The van der Waals surface area contributed by atoms with Gasteiger partial charge >= 0.3 is 0 Å². The summed E-state index contributed by atoms with van der Waals surface area (Å²) in [5, 5.41) is 3.29. The quantitative estimate of drug-likeness (QED) is 0.792. The molecule has 0 bridgehead atoms. The fraction of sp³-hybridized carbons (Fsp3) is 0.923. The Hall–Kier alpha value is -0.620. The summed E-state index contributed by atoms with van der Waals surface area (Å²) < 4.78 is 22.8. The van der Waals surface area contributed by atoms with Crippen LogP contribution in [0.3, 0.4) is 0 Å². The van der Waals surface area contributed by atoms with Crippen LogP contribution < -0.4 is 5.32 Å². The van der Waals surface area contributed by atoms with E-state index < -0.39 is 9.84 Å². The number of sulfone groups is 1. The summed E-state index contributed by atoms with van der Waals surface area (Å²) >= 11 is 0. The molecule has 6 heteroatoms. The summed E-state index contributed by atoms with van der Waals surface area (Å²) in [6, 6.07) is 0. The summed E-state index contributed by atoms with van der Waals surface area (Å²) in [5.74, 6) is 1.08. The van der Waals surface area contributed by atoms with Crippen LogP contribution in [0.2, 0.25) is 0 Å². The number of nitrogens with zero attached hydrogens (tertiary/aromatic N) is 1. The zero-order valence-corrected chi connectivity index (χ0v) is 12.6. The third kappa shape index (κ3) is 3.69. The second-order valence-corrected chi connectivity index (χ2v) is 8.71. The van der Waals surface area contributed by atoms with Gasteiger partial charge in [0.15, 0.2) is 0 Å². The molecular formula is C13H24N2O3S. The molecule has 2 fully saturated rings. The Balaban J connectivity index is 1.96. The second-order valence-electron chi connectivity index (χ2n) is 6.41. The molecule has 0 aliphatic carbocycles. The van der Waals surface area contributed by atoms with Gasteiger partial charge in [0.05, 0.1) is 16.9 Å². The van der Waals surface area contributed by atoms with Crippen molar-refractivity contribution in [3.63, 3.8) is 0 Å². The van der Waals surface area contributed by atoms with E-state index in [9.17, 15) is 13.2 Å². The lowest BCUT2D eigenvalue weighted by Crippen LogP contribution is -2.44. The fourth-order valence-corrected chi connectivity index (χ4v) is 4.42. The Morgan fingerprint density at radius 1 is 1.32 bits per heavy atom. The van der Waals surface area contributed by atoms with Crippen LogP contribution in [-0.2, 0) is 14.6 Å². The summed E-state index contributed by atoms with van der Waals surface area (Å²) in [5.41, 5.74) is -0.364. The Labute approximate surface area is 115 Å². The molecule has 0 radical (unpaired) electrons. The van der Waals surface area contributed by atoms with Gasteiger partial charge in [0.2, 0.25) is 5.91 Å². The number of carbonyl (C=O) groups excluding carboxylic acids is 1. The lowest BCUT2D eigenvalue weighted by atomic mass is 9.91. The summed E-state index contributed by atoms with van der Waals surface area (Å²) in [6.45, 7) is 6.89. The van der Waals surface area contributed by atoms with Crippen molar-refractivity contribution in [2.75, 3.05) is 37.7 Å². The summed E-state index contributed by atoms with van der Waals surface area (Å²) in [4.78, 5) is 14.4. The van der Waals surface area contributed by atoms with Gasteiger partial charge in [-0.3, -0.25) is 4.79 Å². The van der Waals surface area contributed by atoms with Gasteiger partial charge in [-0.05, 0) is 32.6 Å². The van der Waals surface area contributed by atoms with Crippen LogP contribution in [0.25, 0.3) is 0 Å². The molecular weight excluding hydrogens is 264 g/mol. The molecule has 1 amide bonds. The maximum absolute atomic E-state index is 12.4. The first-order chi connectivity index (χ1) is 8.80. The van der Waals surface area contributed by atoms with Crippen LogP contribution >= 0.6 is 0 Å². The van der Waals surface area contributed by atoms with Gasteiger partial charge in [-0.1, -0.05) is 0 Å². The molecule has 0 aromatic carbocycles. The van der Waals surface area contributed by atoms with E-state index in [1.165, 1.54) is 0 Å². The Morgan fingerprint density at radius 3 is 2.58 bits per heavy atom. The molecule has 2 rings (SSSR count). The number of rotatable bonds is 2. The van der Waals surface area contributed by atoms with Crippen LogP contribution in [0.15, 0.2) is 0 Å². The molecule has 5 nitrogen and oxygen atoms in total. The molecule has 0 spiro atoms. The van der Waals surface area contributed by atoms with Crippen LogP contribution in [0.1, 0.15) is 26.7 Å². The lowest BCUT2D eigenvalue weighted by Gasteiger charge is -2.32. The maximum atomic E-state index is 12.4. The van der Waals surface area contributed by atoms with E-state index >= 15 is 0 Å². The SMILES string of the molecule is CC1(C)CNCCN(CC2CCS(=O)(=O)CC2)C1=O. The molecule has 0 saturated carbocycles. The zero-order valence-electron chi connectivity index (χ0n) is 11.8. The molecule has 110 valence electrons. The smallest absolute Gasteiger partial charge is 0.229 e. The molecule has 2 heterocycles. The Kier molecular flexibility index (Phi) is 4.20. The first-order valence-corrected chi connectivity index (χ1v) is 8.83. The van der Waals surface area contributed by atoms with E-state index in [0.29, 0.717) is 31.8 Å². The number of amides is 1. The third-order valence-corrected chi connectivity index (χ3v) is 5.86. The van der Waals surface area contributed by atoms with E-state index in [-0.39, 0.29) is 22.8 Å². The minimum Gasteiger partial charge on any atom is -0.341 e. The molecule has 19 heavy (non-hydrogen) atoms. The normalized spacial score (nSPS) is 28.1. The van der Waals surface area contributed by atoms with E-state index in [4.69, 9.17) is 0 Å². The summed E-state index contributed by atoms with van der Waals surface area (Å²) in [7, 11) is -2.82. The van der Waals surface area contributed by atoms with Gasteiger partial charge in [0.25, 0.3) is 0 Å². The van der Waals surface area contributed by atoms with Crippen molar-refractivity contribution in [2.24, 2.45) is 11.3 Å². The first-order valence-electron chi connectivity index (χ1n) is 7.01. The van der Waals surface area contributed by atoms with E-state index in [2.05, 4.69) is 5.32 Å². The second kappa shape index (κ2) is 5.40. The van der Waals surface area contributed by atoms with E-state index in [0.717, 1.165) is 13.1 Å². The highest BCUT2D eigenvalue weighted by atomic mass is 32.2. The van der Waals surface area contributed by atoms with E-state index in [1.54, 1.807) is 0 Å². The largest absolute Gasteiger partial charge is 0.341 e. The zero-order chi connectivity index (χ0) is 14.1. The molecule has 0 aromatic rings. The van der Waals surface area contributed by atoms with Gasteiger partial charge in [-0.2, -0.15) is 0 Å².